The molecule has 18 heavy (non-hydrogen) atoms. The standard InChI is InChI=1S/C15H16O3/c1-15(2,17)11-10-13-6-4-12(5-7-13)8-9-14(16)18-3/h4-9,17H,1-3H3. The molecule has 3 heteroatoms. The van der Waals surface area contributed by atoms with Crippen molar-refractivity contribution in [2.24, 2.45) is 0 Å². The van der Waals surface area contributed by atoms with Gasteiger partial charge in [0.1, 0.15) is 5.60 Å². The number of carbonyl (C=O) groups excluding carboxylic acids is 1. The van der Waals surface area contributed by atoms with Crippen LogP contribution in [0.4, 0.5) is 0 Å². The molecule has 1 rings (SSSR count). The molecule has 0 amide bonds. The monoisotopic (exact) mass is 244 g/mol. The largest absolute Gasteiger partial charge is 0.466 e. The van der Waals surface area contributed by atoms with Crippen LogP contribution >= 0.6 is 0 Å². The molecule has 0 aliphatic rings. The number of benzene rings is 1. The molecular formula is C15H16O3. The van der Waals surface area contributed by atoms with Gasteiger partial charge >= 0.3 is 5.97 Å². The van der Waals surface area contributed by atoms with E-state index in [1.807, 2.05) is 24.3 Å². The lowest BCUT2D eigenvalue weighted by molar-refractivity contribution is -0.134. The van der Waals surface area contributed by atoms with Gasteiger partial charge in [0.15, 0.2) is 0 Å². The van der Waals surface area contributed by atoms with Crippen molar-refractivity contribution in [3.8, 4) is 11.8 Å². The molecule has 0 saturated heterocycles. The molecule has 0 heterocycles. The van der Waals surface area contributed by atoms with Crippen LogP contribution in [-0.4, -0.2) is 23.8 Å². The normalized spacial score (nSPS) is 10.9. The summed E-state index contributed by atoms with van der Waals surface area (Å²) in [6.45, 7) is 3.26. The number of aliphatic hydroxyl groups is 1. The van der Waals surface area contributed by atoms with E-state index in [9.17, 15) is 9.90 Å². The number of hydrogen-bond donors (Lipinski definition) is 1. The van der Waals surface area contributed by atoms with Crippen LogP contribution in [-0.2, 0) is 9.53 Å². The van der Waals surface area contributed by atoms with Crippen molar-refractivity contribution >= 4 is 12.0 Å². The van der Waals surface area contributed by atoms with E-state index in [0.717, 1.165) is 11.1 Å². The van der Waals surface area contributed by atoms with Crippen LogP contribution in [0.25, 0.3) is 6.08 Å². The summed E-state index contributed by atoms with van der Waals surface area (Å²) in [6.07, 6.45) is 3.02. The third-order valence-electron chi connectivity index (χ3n) is 2.04. The third kappa shape index (κ3) is 5.33. The molecule has 0 saturated carbocycles. The first kappa shape index (κ1) is 14.0. The summed E-state index contributed by atoms with van der Waals surface area (Å²) in [4.78, 5) is 10.9. The minimum Gasteiger partial charge on any atom is -0.466 e. The predicted octanol–water partition coefficient (Wildman–Crippen LogP) is 2.00. The number of hydrogen-bond acceptors (Lipinski definition) is 3. The molecule has 0 aromatic heterocycles. The maximum Gasteiger partial charge on any atom is 0.330 e. The smallest absolute Gasteiger partial charge is 0.330 e. The Morgan fingerprint density at radius 3 is 2.44 bits per heavy atom. The topological polar surface area (TPSA) is 46.5 Å². The number of carbonyl (C=O) groups is 1. The Labute approximate surface area is 107 Å². The van der Waals surface area contributed by atoms with Crippen LogP contribution in [0, 0.1) is 11.8 Å². The maximum atomic E-state index is 10.9. The Morgan fingerprint density at radius 2 is 1.94 bits per heavy atom. The SMILES string of the molecule is COC(=O)C=Cc1ccc(C#CC(C)(C)O)cc1. The Bertz CT molecular complexity index is 493. The van der Waals surface area contributed by atoms with Crippen LogP contribution < -0.4 is 0 Å². The fourth-order valence-electron chi connectivity index (χ4n) is 1.13. The van der Waals surface area contributed by atoms with Crippen LogP contribution in [0.1, 0.15) is 25.0 Å². The van der Waals surface area contributed by atoms with E-state index in [1.165, 1.54) is 13.2 Å². The van der Waals surface area contributed by atoms with Gasteiger partial charge in [-0.1, -0.05) is 24.0 Å². The molecule has 0 aliphatic heterocycles. The molecule has 1 aromatic carbocycles. The third-order valence-corrected chi connectivity index (χ3v) is 2.04. The summed E-state index contributed by atoms with van der Waals surface area (Å²) < 4.78 is 4.50. The Kier molecular flexibility index (Phi) is 4.70. The second-order valence-corrected chi connectivity index (χ2v) is 4.29. The van der Waals surface area contributed by atoms with Gasteiger partial charge in [-0.2, -0.15) is 0 Å². The van der Waals surface area contributed by atoms with E-state index in [2.05, 4.69) is 16.6 Å². The first-order valence-corrected chi connectivity index (χ1v) is 5.52. The highest BCUT2D eigenvalue weighted by atomic mass is 16.5. The zero-order valence-corrected chi connectivity index (χ0v) is 10.7. The van der Waals surface area contributed by atoms with Gasteiger partial charge in [0, 0.05) is 11.6 Å². The second kappa shape index (κ2) is 6.04. The van der Waals surface area contributed by atoms with Crippen LogP contribution in [0.3, 0.4) is 0 Å². The number of methoxy groups -OCH3 is 1. The molecule has 0 fully saturated rings. The fourth-order valence-corrected chi connectivity index (χ4v) is 1.13. The van der Waals surface area contributed by atoms with Crippen molar-refractivity contribution in [1.29, 1.82) is 0 Å². The summed E-state index contributed by atoms with van der Waals surface area (Å²) >= 11 is 0. The molecule has 1 aromatic rings. The van der Waals surface area contributed by atoms with Gasteiger partial charge in [0.25, 0.3) is 0 Å². The first-order chi connectivity index (χ1) is 8.40. The summed E-state index contributed by atoms with van der Waals surface area (Å²) in [6, 6.07) is 7.34. The van der Waals surface area contributed by atoms with E-state index < -0.39 is 5.60 Å². The molecule has 0 bridgehead atoms. The lowest BCUT2D eigenvalue weighted by Gasteiger charge is -2.05. The number of rotatable bonds is 2. The predicted molar refractivity (Wildman–Crippen MR) is 70.7 cm³/mol. The highest BCUT2D eigenvalue weighted by Gasteiger charge is 2.05. The van der Waals surface area contributed by atoms with Gasteiger partial charge in [-0.25, -0.2) is 4.79 Å². The summed E-state index contributed by atoms with van der Waals surface area (Å²) in [5, 5.41) is 9.47. The lowest BCUT2D eigenvalue weighted by Crippen LogP contribution is -2.14. The van der Waals surface area contributed by atoms with Crippen molar-refractivity contribution in [3.05, 3.63) is 41.5 Å². The molecule has 0 atom stereocenters. The lowest BCUT2D eigenvalue weighted by atomic mass is 10.1. The minimum atomic E-state index is -0.997. The average Bonchev–Trinajstić information content (AvgIpc) is 2.33. The van der Waals surface area contributed by atoms with Crippen LogP contribution in [0.2, 0.25) is 0 Å². The highest BCUT2D eigenvalue weighted by molar-refractivity contribution is 5.86. The molecule has 0 spiro atoms. The van der Waals surface area contributed by atoms with Crippen molar-refractivity contribution in [2.75, 3.05) is 7.11 Å². The Balaban J connectivity index is 2.77. The van der Waals surface area contributed by atoms with E-state index in [4.69, 9.17) is 0 Å². The number of esters is 1. The van der Waals surface area contributed by atoms with Crippen molar-refractivity contribution < 1.29 is 14.6 Å². The second-order valence-electron chi connectivity index (χ2n) is 4.29. The first-order valence-electron chi connectivity index (χ1n) is 5.52. The zero-order chi connectivity index (χ0) is 13.6. The van der Waals surface area contributed by atoms with Gasteiger partial charge in [-0.3, -0.25) is 0 Å². The Morgan fingerprint density at radius 1 is 1.33 bits per heavy atom. The maximum absolute atomic E-state index is 10.9. The van der Waals surface area contributed by atoms with Gasteiger partial charge in [0.05, 0.1) is 7.11 Å². The molecule has 3 nitrogen and oxygen atoms in total. The van der Waals surface area contributed by atoms with E-state index in [0.29, 0.717) is 0 Å². The molecule has 0 aliphatic carbocycles. The van der Waals surface area contributed by atoms with Crippen molar-refractivity contribution in [2.45, 2.75) is 19.4 Å². The molecule has 0 unspecified atom stereocenters. The van der Waals surface area contributed by atoms with Gasteiger partial charge in [0.2, 0.25) is 0 Å². The molecule has 1 N–H and O–H groups in total. The van der Waals surface area contributed by atoms with E-state index in [-0.39, 0.29) is 5.97 Å². The average molecular weight is 244 g/mol. The summed E-state index contributed by atoms with van der Waals surface area (Å²) in [5.41, 5.74) is 0.699. The quantitative estimate of drug-likeness (QED) is 0.491. The van der Waals surface area contributed by atoms with Gasteiger partial charge in [-0.05, 0) is 37.6 Å². The summed E-state index contributed by atoms with van der Waals surface area (Å²) in [7, 11) is 1.34. The van der Waals surface area contributed by atoms with Crippen molar-refractivity contribution in [3.63, 3.8) is 0 Å². The minimum absolute atomic E-state index is 0.388. The molecule has 0 radical (unpaired) electrons. The van der Waals surface area contributed by atoms with Gasteiger partial charge in [-0.15, -0.1) is 0 Å². The highest BCUT2D eigenvalue weighted by Crippen LogP contribution is 2.06. The van der Waals surface area contributed by atoms with Crippen molar-refractivity contribution in [1.82, 2.24) is 0 Å². The number of ether oxygens (including phenoxy) is 1. The zero-order valence-electron chi connectivity index (χ0n) is 10.7. The van der Waals surface area contributed by atoms with E-state index in [1.54, 1.807) is 19.9 Å². The fraction of sp³-hybridized carbons (Fsp3) is 0.267. The molecular weight excluding hydrogens is 228 g/mol. The van der Waals surface area contributed by atoms with Crippen LogP contribution in [0.15, 0.2) is 30.3 Å². The Hall–Kier alpha value is -2.05. The molecule has 94 valence electrons. The van der Waals surface area contributed by atoms with Gasteiger partial charge < -0.3 is 9.84 Å². The van der Waals surface area contributed by atoms with E-state index >= 15 is 0 Å². The van der Waals surface area contributed by atoms with Crippen LogP contribution in [0.5, 0.6) is 0 Å². The summed E-state index contributed by atoms with van der Waals surface area (Å²) in [5.74, 6) is 5.21.